The van der Waals surface area contributed by atoms with E-state index in [1.54, 1.807) is 17.7 Å². The third-order valence-electron chi connectivity index (χ3n) is 6.72. The number of nitrogens with zero attached hydrogens (tertiary/aromatic N) is 2. The monoisotopic (exact) mass is 549 g/mol. The first-order chi connectivity index (χ1) is 19.4. The first kappa shape index (κ1) is 27.2. The minimum atomic E-state index is -0.697. The fourth-order valence-electron chi connectivity index (χ4n) is 4.71. The van der Waals surface area contributed by atoms with E-state index in [1.165, 1.54) is 11.8 Å². The molecule has 1 unspecified atom stereocenters. The molecule has 0 fully saturated rings. The summed E-state index contributed by atoms with van der Waals surface area (Å²) >= 11 is 1.26. The van der Waals surface area contributed by atoms with Crippen molar-refractivity contribution in [1.29, 1.82) is 0 Å². The van der Waals surface area contributed by atoms with Crippen molar-refractivity contribution in [3.05, 3.63) is 124 Å². The number of rotatable bonds is 8. The van der Waals surface area contributed by atoms with Gasteiger partial charge in [0.25, 0.3) is 5.56 Å². The second kappa shape index (κ2) is 11.8. The molecule has 1 aromatic heterocycles. The van der Waals surface area contributed by atoms with Gasteiger partial charge in [-0.3, -0.25) is 14.2 Å². The van der Waals surface area contributed by atoms with Crippen molar-refractivity contribution < 1.29 is 9.53 Å². The van der Waals surface area contributed by atoms with Gasteiger partial charge < -0.3 is 10.1 Å². The zero-order chi connectivity index (χ0) is 28.2. The number of amides is 1. The second-order valence-electron chi connectivity index (χ2n) is 9.87. The molecule has 0 spiro atoms. The van der Waals surface area contributed by atoms with Gasteiger partial charge in [0.2, 0.25) is 5.91 Å². The van der Waals surface area contributed by atoms with Gasteiger partial charge in [-0.25, -0.2) is 4.98 Å². The summed E-state index contributed by atoms with van der Waals surface area (Å²) in [6.45, 7) is 6.16. The predicted octanol–water partition coefficient (Wildman–Crippen LogP) is 7.30. The minimum Gasteiger partial charge on any atom is -0.495 e. The Hall–Kier alpha value is -4.36. The van der Waals surface area contributed by atoms with Crippen molar-refractivity contribution >= 4 is 34.3 Å². The van der Waals surface area contributed by atoms with Gasteiger partial charge in [-0.05, 0) is 59.9 Å². The van der Waals surface area contributed by atoms with E-state index in [9.17, 15) is 9.59 Å². The molecule has 1 atom stereocenters. The Labute approximate surface area is 238 Å². The van der Waals surface area contributed by atoms with Gasteiger partial charge in [-0.15, -0.1) is 0 Å². The molecule has 40 heavy (non-hydrogen) atoms. The van der Waals surface area contributed by atoms with Crippen LogP contribution >= 0.6 is 11.8 Å². The lowest BCUT2D eigenvalue weighted by Crippen LogP contribution is -2.25. The number of hydrogen-bond donors (Lipinski definition) is 1. The Morgan fingerprint density at radius 1 is 0.925 bits per heavy atom. The van der Waals surface area contributed by atoms with E-state index in [0.717, 1.165) is 22.4 Å². The number of hydrogen-bond acceptors (Lipinski definition) is 5. The average molecular weight is 550 g/mol. The smallest absolute Gasteiger partial charge is 0.266 e. The van der Waals surface area contributed by atoms with Gasteiger partial charge in [0, 0.05) is 0 Å². The lowest BCUT2D eigenvalue weighted by atomic mass is 10.0. The molecule has 0 radical (unpaired) electrons. The Morgan fingerprint density at radius 2 is 1.62 bits per heavy atom. The summed E-state index contributed by atoms with van der Waals surface area (Å²) in [6, 6.07) is 30.4. The van der Waals surface area contributed by atoms with E-state index in [0.29, 0.717) is 27.5 Å². The zero-order valence-corrected chi connectivity index (χ0v) is 23.7. The quantitative estimate of drug-likeness (QED) is 0.162. The Morgan fingerprint density at radius 3 is 2.38 bits per heavy atom. The summed E-state index contributed by atoms with van der Waals surface area (Å²) in [5.41, 5.74) is 4.57. The van der Waals surface area contributed by atoms with E-state index >= 15 is 0 Å². The van der Waals surface area contributed by atoms with Gasteiger partial charge >= 0.3 is 0 Å². The van der Waals surface area contributed by atoms with Crippen LogP contribution in [0, 0.1) is 6.92 Å². The maximum atomic E-state index is 14.0. The summed E-state index contributed by atoms with van der Waals surface area (Å²) in [7, 11) is 1.58. The highest BCUT2D eigenvalue weighted by molar-refractivity contribution is 8.00. The number of nitrogens with one attached hydrogen (secondary N) is 1. The van der Waals surface area contributed by atoms with Gasteiger partial charge in [0.15, 0.2) is 5.16 Å². The average Bonchev–Trinajstić information content (AvgIpc) is 2.96. The topological polar surface area (TPSA) is 73.2 Å². The molecule has 0 aliphatic heterocycles. The summed E-state index contributed by atoms with van der Waals surface area (Å²) in [4.78, 5) is 32.9. The summed E-state index contributed by atoms with van der Waals surface area (Å²) in [6.07, 6.45) is 0. The number of carbonyl (C=O) groups excluding carboxylic acids is 1. The molecule has 5 rings (SSSR count). The molecule has 1 heterocycles. The van der Waals surface area contributed by atoms with Crippen LogP contribution in [0.2, 0.25) is 0 Å². The van der Waals surface area contributed by atoms with Crippen LogP contribution in [0.25, 0.3) is 16.6 Å². The fraction of sp³-hybridized carbons (Fsp3) is 0.182. The van der Waals surface area contributed by atoms with Crippen LogP contribution in [0.4, 0.5) is 5.69 Å². The Kier molecular flexibility index (Phi) is 8.03. The lowest BCUT2D eigenvalue weighted by Gasteiger charge is -2.22. The van der Waals surface area contributed by atoms with Crippen molar-refractivity contribution in [2.75, 3.05) is 12.4 Å². The minimum absolute atomic E-state index is 0.172. The maximum absolute atomic E-state index is 14.0. The van der Waals surface area contributed by atoms with Crippen LogP contribution in [0.3, 0.4) is 0 Å². The molecule has 7 heteroatoms. The second-order valence-corrected chi connectivity index (χ2v) is 10.9. The molecule has 5 aromatic rings. The standard InChI is InChI=1S/C33H31N3O3S/c1-21(2)24-14-9-11-17-28(24)36-32(38)25-15-8-10-16-26(25)35-33(36)40-30(23-12-6-5-7-13-23)31(37)34-27-20-22(3)18-19-29(27)39-4/h5-21,30H,1-4H3,(H,34,37). The van der Waals surface area contributed by atoms with Crippen molar-refractivity contribution in [3.63, 3.8) is 0 Å². The molecule has 1 amide bonds. The SMILES string of the molecule is COc1ccc(C)cc1NC(=O)C(Sc1nc2ccccc2c(=O)n1-c1ccccc1C(C)C)c1ccccc1. The fourth-order valence-corrected chi connectivity index (χ4v) is 5.81. The number of benzene rings is 4. The molecule has 0 saturated heterocycles. The lowest BCUT2D eigenvalue weighted by molar-refractivity contribution is -0.115. The third-order valence-corrected chi connectivity index (χ3v) is 7.93. The first-order valence-corrected chi connectivity index (χ1v) is 14.0. The highest BCUT2D eigenvalue weighted by Crippen LogP contribution is 2.38. The molecule has 1 N–H and O–H groups in total. The molecule has 0 saturated carbocycles. The Bertz CT molecular complexity index is 1730. The van der Waals surface area contributed by atoms with Gasteiger partial charge in [-0.2, -0.15) is 0 Å². The largest absolute Gasteiger partial charge is 0.495 e. The van der Waals surface area contributed by atoms with Crippen LogP contribution in [-0.4, -0.2) is 22.6 Å². The molecular weight excluding hydrogens is 518 g/mol. The first-order valence-electron chi connectivity index (χ1n) is 13.2. The molecule has 4 aromatic carbocycles. The normalized spacial score (nSPS) is 11.9. The van der Waals surface area contributed by atoms with Crippen molar-refractivity contribution in [2.24, 2.45) is 0 Å². The number of carbonyl (C=O) groups is 1. The molecular formula is C33H31N3O3S. The van der Waals surface area contributed by atoms with Crippen molar-refractivity contribution in [1.82, 2.24) is 9.55 Å². The van der Waals surface area contributed by atoms with E-state index in [1.807, 2.05) is 97.9 Å². The van der Waals surface area contributed by atoms with E-state index in [2.05, 4.69) is 19.2 Å². The zero-order valence-electron chi connectivity index (χ0n) is 22.9. The summed E-state index contributed by atoms with van der Waals surface area (Å²) < 4.78 is 7.15. The van der Waals surface area contributed by atoms with E-state index in [-0.39, 0.29) is 17.4 Å². The summed E-state index contributed by atoms with van der Waals surface area (Å²) in [5.74, 6) is 0.503. The highest BCUT2D eigenvalue weighted by atomic mass is 32.2. The number of fused-ring (bicyclic) bond motifs is 1. The van der Waals surface area contributed by atoms with Gasteiger partial charge in [-0.1, -0.05) is 92.3 Å². The van der Waals surface area contributed by atoms with Gasteiger partial charge in [0.05, 0.1) is 29.4 Å². The van der Waals surface area contributed by atoms with E-state index < -0.39 is 5.25 Å². The molecule has 0 bridgehead atoms. The third kappa shape index (κ3) is 5.51. The number of methoxy groups -OCH3 is 1. The van der Waals surface area contributed by atoms with Crippen LogP contribution in [0.5, 0.6) is 5.75 Å². The number of aryl methyl sites for hydroxylation is 1. The van der Waals surface area contributed by atoms with Crippen LogP contribution in [0.15, 0.2) is 107 Å². The maximum Gasteiger partial charge on any atom is 0.266 e. The van der Waals surface area contributed by atoms with Crippen molar-refractivity contribution in [2.45, 2.75) is 37.1 Å². The summed E-state index contributed by atoms with van der Waals surface area (Å²) in [5, 5.41) is 3.33. The van der Waals surface area contributed by atoms with Crippen molar-refractivity contribution in [3.8, 4) is 11.4 Å². The molecule has 0 aliphatic rings. The number of aromatic nitrogens is 2. The highest BCUT2D eigenvalue weighted by Gasteiger charge is 2.27. The molecule has 6 nitrogen and oxygen atoms in total. The van der Waals surface area contributed by atoms with E-state index in [4.69, 9.17) is 9.72 Å². The van der Waals surface area contributed by atoms with Gasteiger partial charge in [0.1, 0.15) is 11.0 Å². The number of thioether (sulfide) groups is 1. The molecule has 0 aliphatic carbocycles. The van der Waals surface area contributed by atoms with Crippen LogP contribution in [0.1, 0.15) is 41.7 Å². The number of anilines is 1. The van der Waals surface area contributed by atoms with Crippen LogP contribution < -0.4 is 15.6 Å². The Balaban J connectivity index is 1.67. The molecule has 202 valence electrons. The number of para-hydroxylation sites is 2. The predicted molar refractivity (Wildman–Crippen MR) is 163 cm³/mol. The number of ether oxygens (including phenoxy) is 1. The van der Waals surface area contributed by atoms with Crippen LogP contribution in [-0.2, 0) is 4.79 Å².